The van der Waals surface area contributed by atoms with Crippen molar-refractivity contribution in [1.29, 1.82) is 0 Å². The number of aromatic nitrogens is 2. The molecule has 0 unspecified atom stereocenters. The summed E-state index contributed by atoms with van der Waals surface area (Å²) in [5, 5.41) is 9.71. The van der Waals surface area contributed by atoms with E-state index in [9.17, 15) is 9.90 Å². The number of nitrogens with zero attached hydrogens (tertiary/aromatic N) is 2. The summed E-state index contributed by atoms with van der Waals surface area (Å²) in [5.41, 5.74) is 5.15. The van der Waals surface area contributed by atoms with E-state index >= 15 is 0 Å². The van der Waals surface area contributed by atoms with E-state index in [0.29, 0.717) is 17.8 Å². The predicted octanol–water partition coefficient (Wildman–Crippen LogP) is 3.97. The van der Waals surface area contributed by atoms with Gasteiger partial charge in [0.2, 0.25) is 0 Å². The van der Waals surface area contributed by atoms with Crippen LogP contribution < -0.4 is 4.74 Å². The monoisotopic (exact) mass is 428 g/mol. The van der Waals surface area contributed by atoms with Crippen molar-refractivity contribution in [1.82, 2.24) is 9.38 Å². The van der Waals surface area contributed by atoms with E-state index in [2.05, 4.69) is 4.98 Å². The maximum absolute atomic E-state index is 12.7. The summed E-state index contributed by atoms with van der Waals surface area (Å²) in [4.78, 5) is 17.3. The molecule has 1 N–H and O–H groups in total. The van der Waals surface area contributed by atoms with Crippen molar-refractivity contribution in [3.8, 4) is 5.75 Å². The third-order valence-electron chi connectivity index (χ3n) is 5.91. The fourth-order valence-electron chi connectivity index (χ4n) is 4.36. The highest BCUT2D eigenvalue weighted by molar-refractivity contribution is 5.73. The molecule has 6 nitrogen and oxygen atoms in total. The van der Waals surface area contributed by atoms with Gasteiger partial charge in [-0.25, -0.2) is 4.98 Å². The molecule has 0 bridgehead atoms. The molecule has 0 spiro atoms. The topological polar surface area (TPSA) is 73.1 Å². The summed E-state index contributed by atoms with van der Waals surface area (Å²) in [6.07, 6.45) is 1.80. The average Bonchev–Trinajstić information content (AvgIpc) is 3.31. The molecule has 162 valence electrons. The second kappa shape index (κ2) is 8.48. The molecule has 1 aliphatic rings. The number of hydrogen-bond donors (Lipinski definition) is 1. The first-order valence-corrected chi connectivity index (χ1v) is 10.7. The van der Waals surface area contributed by atoms with Crippen LogP contribution in [-0.2, 0) is 29.0 Å². The number of aliphatic hydroxyl groups is 1. The third kappa shape index (κ3) is 3.74. The molecular formula is C26H24N2O4. The fourth-order valence-corrected chi connectivity index (χ4v) is 4.36. The number of benzene rings is 2. The number of ether oxygens (including phenoxy) is 2. The molecule has 0 amide bonds. The Morgan fingerprint density at radius 3 is 2.69 bits per heavy atom. The van der Waals surface area contributed by atoms with E-state index in [-0.39, 0.29) is 19.0 Å². The fraction of sp³-hybridized carbons (Fsp3) is 0.231. The second-order valence-corrected chi connectivity index (χ2v) is 8.00. The molecule has 1 aliphatic carbocycles. The third-order valence-corrected chi connectivity index (χ3v) is 5.91. The molecule has 0 radical (unpaired) electrons. The van der Waals surface area contributed by atoms with Crippen LogP contribution in [0.4, 0.5) is 0 Å². The number of fused-ring (bicyclic) bond motifs is 2. The van der Waals surface area contributed by atoms with Gasteiger partial charge in [-0.2, -0.15) is 0 Å². The van der Waals surface area contributed by atoms with E-state index in [0.717, 1.165) is 28.1 Å². The number of pyridine rings is 1. The molecule has 32 heavy (non-hydrogen) atoms. The van der Waals surface area contributed by atoms with Gasteiger partial charge in [0, 0.05) is 12.6 Å². The lowest BCUT2D eigenvalue weighted by Crippen LogP contribution is -2.27. The minimum absolute atomic E-state index is 0.109. The number of aryl methyl sites for hydroxylation is 1. The number of esters is 1. The van der Waals surface area contributed by atoms with Crippen LogP contribution in [0.15, 0.2) is 72.9 Å². The number of hydrogen-bond acceptors (Lipinski definition) is 5. The molecule has 0 saturated heterocycles. The molecule has 2 aromatic heterocycles. The van der Waals surface area contributed by atoms with Crippen LogP contribution in [0.5, 0.6) is 5.75 Å². The lowest BCUT2D eigenvalue weighted by atomic mass is 10.1. The van der Waals surface area contributed by atoms with Crippen LogP contribution in [0.2, 0.25) is 0 Å². The van der Waals surface area contributed by atoms with Gasteiger partial charge in [-0.1, -0.05) is 54.6 Å². The normalized spacial score (nSPS) is 17.3. The van der Waals surface area contributed by atoms with E-state index in [1.807, 2.05) is 84.3 Å². The second-order valence-electron chi connectivity index (χ2n) is 8.00. The molecule has 4 aromatic rings. The minimum atomic E-state index is -0.438. The SMILES string of the molecule is Cc1nc2c(O[C@@H]3c4ccccc4C[C@H]3OC(=O)Cc3ccccc3)cccn2c1CO. The Hall–Kier alpha value is -3.64. The summed E-state index contributed by atoms with van der Waals surface area (Å²) in [6.45, 7) is 1.75. The van der Waals surface area contributed by atoms with E-state index < -0.39 is 12.2 Å². The quantitative estimate of drug-likeness (QED) is 0.471. The number of aliphatic hydroxyl groups excluding tert-OH is 1. The van der Waals surface area contributed by atoms with Crippen LogP contribution >= 0.6 is 0 Å². The van der Waals surface area contributed by atoms with Gasteiger partial charge in [-0.05, 0) is 35.7 Å². The van der Waals surface area contributed by atoms with Crippen LogP contribution in [0.1, 0.15) is 34.2 Å². The minimum Gasteiger partial charge on any atom is -0.478 e. The zero-order valence-electron chi connectivity index (χ0n) is 17.8. The molecule has 0 aliphatic heterocycles. The number of imidazole rings is 1. The molecule has 0 saturated carbocycles. The van der Waals surface area contributed by atoms with Crippen LogP contribution in [-0.4, -0.2) is 26.6 Å². The molecular weight excluding hydrogens is 404 g/mol. The number of carbonyl (C=O) groups excluding carboxylic acids is 1. The zero-order chi connectivity index (χ0) is 22.1. The maximum atomic E-state index is 12.7. The number of carbonyl (C=O) groups is 1. The molecule has 0 fully saturated rings. The van der Waals surface area contributed by atoms with Gasteiger partial charge in [0.05, 0.1) is 24.4 Å². The summed E-state index contributed by atoms with van der Waals surface area (Å²) in [7, 11) is 0. The lowest BCUT2D eigenvalue weighted by Gasteiger charge is -2.22. The van der Waals surface area contributed by atoms with Gasteiger partial charge in [0.15, 0.2) is 17.5 Å². The molecule has 2 atom stereocenters. The molecule has 2 heterocycles. The Morgan fingerprint density at radius 2 is 1.88 bits per heavy atom. The Morgan fingerprint density at radius 1 is 1.09 bits per heavy atom. The van der Waals surface area contributed by atoms with Crippen molar-refractivity contribution < 1.29 is 19.4 Å². The Labute approximate surface area is 186 Å². The Kier molecular flexibility index (Phi) is 5.37. The first-order chi connectivity index (χ1) is 15.6. The summed E-state index contributed by atoms with van der Waals surface area (Å²) < 4.78 is 14.2. The smallest absolute Gasteiger partial charge is 0.310 e. The maximum Gasteiger partial charge on any atom is 0.310 e. The highest BCUT2D eigenvalue weighted by atomic mass is 16.6. The van der Waals surface area contributed by atoms with Crippen molar-refractivity contribution in [3.05, 3.63) is 101 Å². The summed E-state index contributed by atoms with van der Waals surface area (Å²) in [6, 6.07) is 21.3. The van der Waals surface area contributed by atoms with Crippen molar-refractivity contribution in [2.45, 2.75) is 38.6 Å². The van der Waals surface area contributed by atoms with Crippen LogP contribution in [0.25, 0.3) is 5.65 Å². The van der Waals surface area contributed by atoms with Crippen molar-refractivity contribution in [2.24, 2.45) is 0 Å². The average molecular weight is 428 g/mol. The van der Waals surface area contributed by atoms with Gasteiger partial charge in [-0.15, -0.1) is 0 Å². The first-order valence-electron chi connectivity index (χ1n) is 10.7. The highest BCUT2D eigenvalue weighted by Crippen LogP contribution is 2.38. The van der Waals surface area contributed by atoms with Crippen molar-refractivity contribution >= 4 is 11.6 Å². The molecule has 6 heteroatoms. The van der Waals surface area contributed by atoms with E-state index in [1.165, 1.54) is 0 Å². The first kappa shape index (κ1) is 20.3. The van der Waals surface area contributed by atoms with Gasteiger partial charge >= 0.3 is 5.97 Å². The summed E-state index contributed by atoms with van der Waals surface area (Å²) in [5.74, 6) is 0.307. The zero-order valence-corrected chi connectivity index (χ0v) is 17.8. The predicted molar refractivity (Wildman–Crippen MR) is 119 cm³/mol. The molecule has 5 rings (SSSR count). The van der Waals surface area contributed by atoms with Crippen molar-refractivity contribution in [2.75, 3.05) is 0 Å². The van der Waals surface area contributed by atoms with Crippen LogP contribution in [0, 0.1) is 6.92 Å². The Bertz CT molecular complexity index is 1270. The van der Waals surface area contributed by atoms with E-state index in [1.54, 1.807) is 0 Å². The van der Waals surface area contributed by atoms with Crippen molar-refractivity contribution in [3.63, 3.8) is 0 Å². The molecule has 2 aromatic carbocycles. The largest absolute Gasteiger partial charge is 0.478 e. The van der Waals surface area contributed by atoms with E-state index in [4.69, 9.17) is 9.47 Å². The highest BCUT2D eigenvalue weighted by Gasteiger charge is 2.37. The summed E-state index contributed by atoms with van der Waals surface area (Å²) >= 11 is 0. The van der Waals surface area contributed by atoms with Gasteiger partial charge in [-0.3, -0.25) is 9.20 Å². The van der Waals surface area contributed by atoms with Gasteiger partial charge < -0.3 is 14.6 Å². The van der Waals surface area contributed by atoms with Gasteiger partial charge in [0.25, 0.3) is 0 Å². The van der Waals surface area contributed by atoms with Gasteiger partial charge in [0.1, 0.15) is 6.10 Å². The lowest BCUT2D eigenvalue weighted by molar-refractivity contribution is -0.152. The standard InChI is InChI=1S/C26H24N2O4/c1-17-21(16-29)28-13-7-12-22(26(28)27-17)32-25-20-11-6-5-10-19(20)15-23(25)31-24(30)14-18-8-3-2-4-9-18/h2-13,23,25,29H,14-16H2,1H3/t23-,25-/m1/s1. The Balaban J connectivity index is 1.44. The number of rotatable bonds is 6. The van der Waals surface area contributed by atoms with Crippen LogP contribution in [0.3, 0.4) is 0 Å².